The molecule has 0 saturated carbocycles. The Labute approximate surface area is 124 Å². The van der Waals surface area contributed by atoms with Gasteiger partial charge in [0, 0.05) is 6.54 Å². The number of likely N-dealkylation sites (tertiary alicyclic amines) is 1. The Balaban J connectivity index is 1.95. The van der Waals surface area contributed by atoms with E-state index in [-0.39, 0.29) is 10.7 Å². The minimum atomic E-state index is -0.426. The van der Waals surface area contributed by atoms with Crippen LogP contribution in [0.15, 0.2) is 18.2 Å². The number of halogens is 1. The molecule has 1 aromatic rings. The van der Waals surface area contributed by atoms with Crippen LogP contribution >= 0.6 is 11.6 Å². The first-order valence-electron chi connectivity index (χ1n) is 7.01. The molecule has 0 atom stereocenters. The fourth-order valence-corrected chi connectivity index (χ4v) is 2.85. The van der Waals surface area contributed by atoms with Crippen molar-refractivity contribution in [2.24, 2.45) is 5.92 Å². The second-order valence-corrected chi connectivity index (χ2v) is 5.56. The highest BCUT2D eigenvalue weighted by Gasteiger charge is 2.21. The molecular weight excluding hydrogens is 278 g/mol. The van der Waals surface area contributed by atoms with Crippen molar-refractivity contribution in [3.8, 4) is 0 Å². The third kappa shape index (κ3) is 3.61. The highest BCUT2D eigenvalue weighted by molar-refractivity contribution is 6.33. The summed E-state index contributed by atoms with van der Waals surface area (Å²) >= 11 is 5.90. The van der Waals surface area contributed by atoms with Gasteiger partial charge >= 0.3 is 5.69 Å². The maximum Gasteiger partial charge on any atom is 0.310 e. The molecule has 1 aliphatic rings. The van der Waals surface area contributed by atoms with Gasteiger partial charge in [0.2, 0.25) is 0 Å². The molecule has 1 heterocycles. The van der Waals surface area contributed by atoms with Crippen LogP contribution in [0.25, 0.3) is 0 Å². The fraction of sp³-hybridized carbons (Fsp3) is 0.571. The highest BCUT2D eigenvalue weighted by Crippen LogP contribution is 2.32. The Bertz CT molecular complexity index is 473. The molecule has 1 aliphatic heterocycles. The topological polar surface area (TPSA) is 58.4 Å². The fourth-order valence-electron chi connectivity index (χ4n) is 2.60. The van der Waals surface area contributed by atoms with Gasteiger partial charge in [0.15, 0.2) is 0 Å². The predicted molar refractivity (Wildman–Crippen MR) is 81.4 cm³/mol. The molecule has 5 nitrogen and oxygen atoms in total. The molecule has 1 N–H and O–H groups in total. The molecule has 0 amide bonds. The van der Waals surface area contributed by atoms with E-state index in [1.165, 1.54) is 0 Å². The Hall–Kier alpha value is -1.33. The Morgan fingerprint density at radius 2 is 2.15 bits per heavy atom. The van der Waals surface area contributed by atoms with Gasteiger partial charge in [-0.15, -0.1) is 0 Å². The predicted octanol–water partition coefficient (Wildman–Crippen LogP) is 3.39. The lowest BCUT2D eigenvalue weighted by molar-refractivity contribution is -0.383. The number of nitrogens with zero attached hydrogens (tertiary/aromatic N) is 2. The zero-order valence-corrected chi connectivity index (χ0v) is 12.4. The van der Waals surface area contributed by atoms with Crippen LogP contribution in [-0.2, 0) is 0 Å². The first-order valence-corrected chi connectivity index (χ1v) is 7.38. The lowest BCUT2D eigenvalue weighted by atomic mass is 9.97. The zero-order valence-electron chi connectivity index (χ0n) is 11.6. The molecular formula is C14H20ClN3O2. The lowest BCUT2D eigenvalue weighted by Crippen LogP contribution is -2.35. The number of nitro groups is 1. The van der Waals surface area contributed by atoms with Gasteiger partial charge in [-0.1, -0.05) is 24.6 Å². The summed E-state index contributed by atoms with van der Waals surface area (Å²) < 4.78 is 0. The van der Waals surface area contributed by atoms with Gasteiger partial charge in [0.05, 0.1) is 4.92 Å². The van der Waals surface area contributed by atoms with Gasteiger partial charge in [-0.2, -0.15) is 0 Å². The summed E-state index contributed by atoms with van der Waals surface area (Å²) in [7, 11) is 0. The average molecular weight is 298 g/mol. The van der Waals surface area contributed by atoms with E-state index in [1.54, 1.807) is 18.2 Å². The van der Waals surface area contributed by atoms with E-state index in [1.807, 2.05) is 0 Å². The number of benzene rings is 1. The normalized spacial score (nSPS) is 17.1. The quantitative estimate of drug-likeness (QED) is 0.668. The largest absolute Gasteiger partial charge is 0.379 e. The summed E-state index contributed by atoms with van der Waals surface area (Å²) in [5.41, 5.74) is 0.487. The number of hydrogen-bond donors (Lipinski definition) is 1. The van der Waals surface area contributed by atoms with Gasteiger partial charge in [0.25, 0.3) is 0 Å². The summed E-state index contributed by atoms with van der Waals surface area (Å²) in [5, 5.41) is 14.4. The maximum absolute atomic E-state index is 11.0. The molecule has 0 unspecified atom stereocenters. The Morgan fingerprint density at radius 1 is 1.45 bits per heavy atom. The molecule has 1 fully saturated rings. The first kappa shape index (κ1) is 15.1. The number of nitro benzene ring substituents is 1. The monoisotopic (exact) mass is 297 g/mol. The van der Waals surface area contributed by atoms with Crippen molar-refractivity contribution < 1.29 is 4.92 Å². The number of nitrogens with one attached hydrogen (secondary N) is 1. The van der Waals surface area contributed by atoms with E-state index in [0.29, 0.717) is 11.6 Å². The molecule has 6 heteroatoms. The van der Waals surface area contributed by atoms with Crippen molar-refractivity contribution in [2.45, 2.75) is 19.8 Å². The molecule has 0 bridgehead atoms. The van der Waals surface area contributed by atoms with Crippen molar-refractivity contribution in [3.05, 3.63) is 33.3 Å². The van der Waals surface area contributed by atoms with Gasteiger partial charge in [-0.25, -0.2) is 0 Å². The summed E-state index contributed by atoms with van der Waals surface area (Å²) in [6, 6.07) is 4.99. The van der Waals surface area contributed by atoms with E-state index in [0.717, 1.165) is 39.0 Å². The van der Waals surface area contributed by atoms with E-state index < -0.39 is 4.92 Å². The smallest absolute Gasteiger partial charge is 0.310 e. The molecule has 2 rings (SSSR count). The van der Waals surface area contributed by atoms with Gasteiger partial charge in [-0.05, 0) is 50.5 Å². The summed E-state index contributed by atoms with van der Waals surface area (Å²) in [6.45, 7) is 6.26. The van der Waals surface area contributed by atoms with Crippen molar-refractivity contribution in [1.82, 2.24) is 4.90 Å². The van der Waals surface area contributed by atoms with E-state index in [9.17, 15) is 10.1 Å². The van der Waals surface area contributed by atoms with Crippen molar-refractivity contribution in [1.29, 1.82) is 0 Å². The van der Waals surface area contributed by atoms with E-state index >= 15 is 0 Å². The lowest BCUT2D eigenvalue weighted by Gasteiger charge is -2.31. The van der Waals surface area contributed by atoms with Crippen LogP contribution in [0.2, 0.25) is 5.02 Å². The molecule has 1 saturated heterocycles. The van der Waals surface area contributed by atoms with Crippen LogP contribution in [-0.4, -0.2) is 36.0 Å². The first-order chi connectivity index (χ1) is 9.61. The van der Waals surface area contributed by atoms with Crippen LogP contribution < -0.4 is 5.32 Å². The Kier molecular flexibility index (Phi) is 5.20. The van der Waals surface area contributed by atoms with E-state index in [4.69, 9.17) is 11.6 Å². The summed E-state index contributed by atoms with van der Waals surface area (Å²) in [4.78, 5) is 13.1. The zero-order chi connectivity index (χ0) is 14.5. The van der Waals surface area contributed by atoms with Crippen LogP contribution in [0, 0.1) is 16.0 Å². The van der Waals surface area contributed by atoms with Crippen molar-refractivity contribution in [2.75, 3.05) is 31.5 Å². The number of para-hydroxylation sites is 1. The minimum absolute atomic E-state index is 0.0276. The highest BCUT2D eigenvalue weighted by atomic mass is 35.5. The number of anilines is 1. The molecule has 0 radical (unpaired) electrons. The second kappa shape index (κ2) is 6.90. The van der Waals surface area contributed by atoms with Crippen LogP contribution in [0.1, 0.15) is 19.8 Å². The summed E-state index contributed by atoms with van der Waals surface area (Å²) in [6.07, 6.45) is 2.27. The summed E-state index contributed by atoms with van der Waals surface area (Å²) in [5.74, 6) is 0.566. The standard InChI is InChI=1S/C14H20ClN3O2/c1-2-17-8-6-11(7-9-17)10-16-13-5-3-4-12(15)14(13)18(19)20/h3-5,11,16H,2,6-10H2,1H3. The van der Waals surface area contributed by atoms with E-state index in [2.05, 4.69) is 17.1 Å². The molecule has 110 valence electrons. The average Bonchev–Trinajstić information content (AvgIpc) is 2.45. The van der Waals surface area contributed by atoms with Crippen molar-refractivity contribution in [3.63, 3.8) is 0 Å². The second-order valence-electron chi connectivity index (χ2n) is 5.15. The third-order valence-electron chi connectivity index (χ3n) is 3.90. The number of piperidine rings is 1. The van der Waals surface area contributed by atoms with Crippen LogP contribution in [0.5, 0.6) is 0 Å². The molecule has 0 aliphatic carbocycles. The SMILES string of the molecule is CCN1CCC(CNc2cccc(Cl)c2[N+](=O)[O-])CC1. The van der Waals surface area contributed by atoms with Gasteiger partial charge in [0.1, 0.15) is 10.7 Å². The van der Waals surface area contributed by atoms with Crippen LogP contribution in [0.3, 0.4) is 0 Å². The number of rotatable bonds is 5. The molecule has 20 heavy (non-hydrogen) atoms. The Morgan fingerprint density at radius 3 is 2.75 bits per heavy atom. The molecule has 0 spiro atoms. The number of hydrogen-bond acceptors (Lipinski definition) is 4. The minimum Gasteiger partial charge on any atom is -0.379 e. The maximum atomic E-state index is 11.0. The molecule has 1 aromatic carbocycles. The third-order valence-corrected chi connectivity index (χ3v) is 4.21. The molecule has 0 aromatic heterocycles. The van der Waals surface area contributed by atoms with Gasteiger partial charge in [-0.3, -0.25) is 10.1 Å². The van der Waals surface area contributed by atoms with Crippen molar-refractivity contribution >= 4 is 23.0 Å². The van der Waals surface area contributed by atoms with Gasteiger partial charge < -0.3 is 10.2 Å². The van der Waals surface area contributed by atoms with Crippen LogP contribution in [0.4, 0.5) is 11.4 Å².